The summed E-state index contributed by atoms with van der Waals surface area (Å²) >= 11 is 0. The topological polar surface area (TPSA) is 33.1 Å². The van der Waals surface area contributed by atoms with Crippen molar-refractivity contribution in [1.29, 1.82) is 0 Å². The third kappa shape index (κ3) is 3.18. The van der Waals surface area contributed by atoms with Gasteiger partial charge in [0.1, 0.15) is 0 Å². The molecule has 4 heteroatoms. The van der Waals surface area contributed by atoms with Gasteiger partial charge in [0.2, 0.25) is 0 Å². The molecule has 1 heterocycles. The molecule has 1 atom stereocenters. The predicted octanol–water partition coefficient (Wildman–Crippen LogP) is 2.67. The van der Waals surface area contributed by atoms with Gasteiger partial charge in [0.05, 0.1) is 12.2 Å². The molecule has 0 aliphatic heterocycles. The highest BCUT2D eigenvalue weighted by Crippen LogP contribution is 2.35. The van der Waals surface area contributed by atoms with Gasteiger partial charge < -0.3 is 10.2 Å². The lowest BCUT2D eigenvalue weighted by molar-refractivity contribution is 0.0917. The van der Waals surface area contributed by atoms with Crippen molar-refractivity contribution < 1.29 is 0 Å². The largest absolute Gasteiger partial charge is 0.311 e. The summed E-state index contributed by atoms with van der Waals surface area (Å²) in [4.78, 5) is 2.35. The van der Waals surface area contributed by atoms with Crippen molar-refractivity contribution in [1.82, 2.24) is 20.0 Å². The Morgan fingerprint density at radius 1 is 1.32 bits per heavy atom. The van der Waals surface area contributed by atoms with E-state index in [2.05, 4.69) is 56.4 Å². The summed E-state index contributed by atoms with van der Waals surface area (Å²) in [6.45, 7) is 7.71. The molecule has 0 saturated carbocycles. The maximum absolute atomic E-state index is 4.47. The molecule has 0 aliphatic rings. The van der Waals surface area contributed by atoms with Gasteiger partial charge in [0, 0.05) is 23.8 Å². The Hall–Kier alpha value is -0.870. The highest BCUT2D eigenvalue weighted by molar-refractivity contribution is 5.17. The number of nitrogens with one attached hydrogen (secondary N) is 1. The molecular weight excluding hydrogens is 236 g/mol. The van der Waals surface area contributed by atoms with Crippen LogP contribution in [0.2, 0.25) is 0 Å². The minimum absolute atomic E-state index is 0.134. The molecule has 0 bridgehead atoms. The first kappa shape index (κ1) is 16.2. The van der Waals surface area contributed by atoms with Crippen LogP contribution in [0.1, 0.15) is 51.6 Å². The van der Waals surface area contributed by atoms with Gasteiger partial charge in [-0.2, -0.15) is 5.10 Å². The van der Waals surface area contributed by atoms with Crippen LogP contribution in [0.4, 0.5) is 0 Å². The fraction of sp³-hybridized carbons (Fsp3) is 0.800. The zero-order chi connectivity index (χ0) is 14.5. The van der Waals surface area contributed by atoms with Crippen LogP contribution in [0.3, 0.4) is 0 Å². The van der Waals surface area contributed by atoms with E-state index in [4.69, 9.17) is 0 Å². The molecular formula is C15H30N4. The molecule has 1 aromatic heterocycles. The van der Waals surface area contributed by atoms with Crippen molar-refractivity contribution in [2.24, 2.45) is 0 Å². The third-order valence-electron chi connectivity index (χ3n) is 4.38. The Balaban J connectivity index is 3.08. The maximum atomic E-state index is 4.47. The van der Waals surface area contributed by atoms with Crippen LogP contribution in [0.15, 0.2) is 12.4 Å². The SMILES string of the molecule is CCCn1cc(C(NC)C(CC)(CC)N(C)C)cn1. The monoisotopic (exact) mass is 266 g/mol. The molecule has 1 unspecified atom stereocenters. The molecule has 0 amide bonds. The summed E-state index contributed by atoms with van der Waals surface area (Å²) < 4.78 is 2.05. The lowest BCUT2D eigenvalue weighted by atomic mass is 9.80. The van der Waals surface area contributed by atoms with Crippen molar-refractivity contribution >= 4 is 0 Å². The summed E-state index contributed by atoms with van der Waals surface area (Å²) in [5.41, 5.74) is 1.42. The van der Waals surface area contributed by atoms with Crippen LogP contribution in [0.25, 0.3) is 0 Å². The third-order valence-corrected chi connectivity index (χ3v) is 4.38. The fourth-order valence-electron chi connectivity index (χ4n) is 3.17. The number of aryl methyl sites for hydroxylation is 1. The normalized spacial score (nSPS) is 14.1. The molecule has 0 aromatic carbocycles. The van der Waals surface area contributed by atoms with Crippen molar-refractivity contribution in [2.45, 2.75) is 58.2 Å². The van der Waals surface area contributed by atoms with Gasteiger partial charge in [-0.25, -0.2) is 0 Å². The number of hydrogen-bond acceptors (Lipinski definition) is 3. The Kier molecular flexibility index (Phi) is 6.01. The van der Waals surface area contributed by atoms with Gasteiger partial charge in [-0.1, -0.05) is 20.8 Å². The second-order valence-corrected chi connectivity index (χ2v) is 5.46. The van der Waals surface area contributed by atoms with Gasteiger partial charge in [-0.3, -0.25) is 4.68 Å². The molecule has 0 fully saturated rings. The number of hydrogen-bond donors (Lipinski definition) is 1. The quantitative estimate of drug-likeness (QED) is 0.785. The second-order valence-electron chi connectivity index (χ2n) is 5.46. The standard InChI is InChI=1S/C15H30N4/c1-7-10-19-12-13(11-17-19)14(16-4)15(8-2,9-3)18(5)6/h11-12,14,16H,7-10H2,1-6H3. The van der Waals surface area contributed by atoms with E-state index in [1.54, 1.807) is 0 Å². The van der Waals surface area contributed by atoms with Gasteiger partial charge >= 0.3 is 0 Å². The first-order valence-corrected chi connectivity index (χ1v) is 7.42. The molecule has 1 aromatic rings. The first-order chi connectivity index (χ1) is 9.05. The molecule has 1 rings (SSSR count). The van der Waals surface area contributed by atoms with Crippen LogP contribution in [0, 0.1) is 0 Å². The molecule has 0 spiro atoms. The van der Waals surface area contributed by atoms with Gasteiger partial charge in [0.25, 0.3) is 0 Å². The Morgan fingerprint density at radius 2 is 1.95 bits per heavy atom. The Bertz CT molecular complexity index is 366. The van der Waals surface area contributed by atoms with Crippen LogP contribution in [0.5, 0.6) is 0 Å². The lowest BCUT2D eigenvalue weighted by Crippen LogP contribution is -2.52. The molecule has 110 valence electrons. The molecule has 19 heavy (non-hydrogen) atoms. The van der Waals surface area contributed by atoms with Crippen LogP contribution < -0.4 is 5.32 Å². The van der Waals surface area contributed by atoms with Gasteiger partial charge in [0.15, 0.2) is 0 Å². The summed E-state index contributed by atoms with van der Waals surface area (Å²) in [6.07, 6.45) is 7.54. The fourth-order valence-corrected chi connectivity index (χ4v) is 3.17. The number of rotatable bonds is 8. The number of nitrogens with zero attached hydrogens (tertiary/aromatic N) is 3. The van der Waals surface area contributed by atoms with Gasteiger partial charge in [-0.15, -0.1) is 0 Å². The van der Waals surface area contributed by atoms with E-state index in [0.29, 0.717) is 6.04 Å². The van der Waals surface area contributed by atoms with E-state index in [-0.39, 0.29) is 5.54 Å². The second kappa shape index (κ2) is 7.06. The highest BCUT2D eigenvalue weighted by Gasteiger charge is 2.38. The lowest BCUT2D eigenvalue weighted by Gasteiger charge is -2.44. The van der Waals surface area contributed by atoms with Gasteiger partial charge in [-0.05, 0) is 40.4 Å². The average molecular weight is 266 g/mol. The van der Waals surface area contributed by atoms with E-state index in [9.17, 15) is 0 Å². The molecule has 4 nitrogen and oxygen atoms in total. The Morgan fingerprint density at radius 3 is 2.37 bits per heavy atom. The van der Waals surface area contributed by atoms with Crippen molar-refractivity contribution in [3.05, 3.63) is 18.0 Å². The highest BCUT2D eigenvalue weighted by atomic mass is 15.3. The first-order valence-electron chi connectivity index (χ1n) is 7.42. The average Bonchev–Trinajstić information content (AvgIpc) is 2.84. The summed E-state index contributed by atoms with van der Waals surface area (Å²) in [5, 5.41) is 7.98. The van der Waals surface area contributed by atoms with Crippen LogP contribution >= 0.6 is 0 Å². The predicted molar refractivity (Wildman–Crippen MR) is 81.3 cm³/mol. The van der Waals surface area contributed by atoms with E-state index in [0.717, 1.165) is 25.8 Å². The number of aromatic nitrogens is 2. The zero-order valence-electron chi connectivity index (χ0n) is 13.4. The van der Waals surface area contributed by atoms with Crippen molar-refractivity contribution in [3.8, 4) is 0 Å². The molecule has 0 saturated heterocycles. The van der Waals surface area contributed by atoms with E-state index >= 15 is 0 Å². The zero-order valence-corrected chi connectivity index (χ0v) is 13.4. The van der Waals surface area contributed by atoms with E-state index in [1.807, 2.05) is 17.9 Å². The van der Waals surface area contributed by atoms with E-state index < -0.39 is 0 Å². The van der Waals surface area contributed by atoms with Crippen LogP contribution in [-0.2, 0) is 6.54 Å². The summed E-state index contributed by atoms with van der Waals surface area (Å²) in [6, 6.07) is 0.308. The molecule has 0 radical (unpaired) electrons. The number of likely N-dealkylation sites (N-methyl/N-ethyl adjacent to an activating group) is 2. The summed E-state index contributed by atoms with van der Waals surface area (Å²) in [7, 11) is 6.40. The minimum Gasteiger partial charge on any atom is -0.311 e. The Labute approximate surface area is 118 Å². The van der Waals surface area contributed by atoms with Crippen LogP contribution in [-0.4, -0.2) is 41.4 Å². The van der Waals surface area contributed by atoms with Crippen molar-refractivity contribution in [2.75, 3.05) is 21.1 Å². The summed E-state index contributed by atoms with van der Waals surface area (Å²) in [5.74, 6) is 0. The molecule has 1 N–H and O–H groups in total. The smallest absolute Gasteiger partial charge is 0.0538 e. The molecule has 0 aliphatic carbocycles. The maximum Gasteiger partial charge on any atom is 0.0538 e. The van der Waals surface area contributed by atoms with Crippen molar-refractivity contribution in [3.63, 3.8) is 0 Å². The van der Waals surface area contributed by atoms with E-state index in [1.165, 1.54) is 5.56 Å². The minimum atomic E-state index is 0.134.